The van der Waals surface area contributed by atoms with Crippen molar-refractivity contribution in [3.05, 3.63) is 101 Å². The molecule has 8 nitrogen and oxygen atoms in total. The molecule has 5 rings (SSSR count). The highest BCUT2D eigenvalue weighted by Crippen LogP contribution is 2.33. The highest BCUT2D eigenvalue weighted by molar-refractivity contribution is 5.87. The maximum absolute atomic E-state index is 9.33. The van der Waals surface area contributed by atoms with Crippen molar-refractivity contribution in [3.8, 4) is 29.2 Å². The van der Waals surface area contributed by atoms with Crippen molar-refractivity contribution in [2.24, 2.45) is 7.05 Å². The van der Waals surface area contributed by atoms with Gasteiger partial charge in [-0.25, -0.2) is 4.98 Å². The molecule has 2 heterocycles. The molecule has 202 valence electrons. The van der Waals surface area contributed by atoms with Crippen molar-refractivity contribution in [2.45, 2.75) is 26.4 Å². The van der Waals surface area contributed by atoms with Crippen molar-refractivity contribution in [1.82, 2.24) is 14.5 Å². The average Bonchev–Trinajstić information content (AvgIpc) is 3.37. The quantitative estimate of drug-likeness (QED) is 0.205. The fourth-order valence-corrected chi connectivity index (χ4v) is 4.61. The van der Waals surface area contributed by atoms with Crippen LogP contribution in [0.25, 0.3) is 11.0 Å². The molecule has 0 radical (unpaired) electrons. The first-order chi connectivity index (χ1) is 19.5. The summed E-state index contributed by atoms with van der Waals surface area (Å²) in [5.74, 6) is 3.46. The van der Waals surface area contributed by atoms with Crippen LogP contribution in [0.2, 0.25) is 0 Å². The number of methoxy groups -OCH3 is 2. The van der Waals surface area contributed by atoms with Gasteiger partial charge in [-0.1, -0.05) is 31.2 Å². The average molecular weight is 534 g/mol. The Labute approximate surface area is 234 Å². The molecular formula is C32H31N5O3. The van der Waals surface area contributed by atoms with Gasteiger partial charge in [0, 0.05) is 26.2 Å². The highest BCUT2D eigenvalue weighted by atomic mass is 16.5. The molecule has 0 N–H and O–H groups in total. The van der Waals surface area contributed by atoms with E-state index in [0.29, 0.717) is 36.1 Å². The van der Waals surface area contributed by atoms with Crippen molar-refractivity contribution >= 4 is 16.9 Å². The molecule has 5 aromatic rings. The van der Waals surface area contributed by atoms with Crippen molar-refractivity contribution in [2.75, 3.05) is 19.1 Å². The number of rotatable bonds is 10. The number of aromatic nitrogens is 3. The molecule has 40 heavy (non-hydrogen) atoms. The van der Waals surface area contributed by atoms with E-state index in [1.165, 1.54) is 0 Å². The van der Waals surface area contributed by atoms with Gasteiger partial charge in [0.15, 0.2) is 5.82 Å². The maximum Gasteiger partial charge on any atom is 0.223 e. The van der Waals surface area contributed by atoms with E-state index < -0.39 is 0 Å². The first-order valence-electron chi connectivity index (χ1n) is 13.0. The third-order valence-corrected chi connectivity index (χ3v) is 6.82. The van der Waals surface area contributed by atoms with E-state index >= 15 is 0 Å². The van der Waals surface area contributed by atoms with Gasteiger partial charge in [-0.15, -0.1) is 0 Å². The highest BCUT2D eigenvalue weighted by Gasteiger charge is 2.20. The standard InChI is InChI=1S/C32H31N5O3/c1-5-25-16-24(18-33)10-15-29(25)40-30-17-28-31(34-21-36(28)2)32(35-30)37(19-22-6-11-26(38-3)12-7-22)20-23-8-13-27(39-4)14-9-23/h6-17,21H,5,19-20H2,1-4H3. The fourth-order valence-electron chi connectivity index (χ4n) is 4.61. The zero-order valence-corrected chi connectivity index (χ0v) is 23.1. The van der Waals surface area contributed by atoms with Crippen molar-refractivity contribution in [1.29, 1.82) is 5.26 Å². The number of nitrogens with zero attached hydrogens (tertiary/aromatic N) is 5. The Morgan fingerprint density at radius 1 is 0.875 bits per heavy atom. The van der Waals surface area contributed by atoms with Crippen LogP contribution in [0.4, 0.5) is 5.82 Å². The molecule has 8 heteroatoms. The summed E-state index contributed by atoms with van der Waals surface area (Å²) in [4.78, 5) is 11.9. The molecular weight excluding hydrogens is 502 g/mol. The topological polar surface area (TPSA) is 85.4 Å². The van der Waals surface area contributed by atoms with Gasteiger partial charge in [0.1, 0.15) is 22.8 Å². The van der Waals surface area contributed by atoms with E-state index in [1.54, 1.807) is 26.6 Å². The smallest absolute Gasteiger partial charge is 0.223 e. The third kappa shape index (κ3) is 5.69. The largest absolute Gasteiger partial charge is 0.497 e. The molecule has 0 spiro atoms. The number of fused-ring (bicyclic) bond motifs is 1. The molecule has 0 saturated heterocycles. The number of anilines is 1. The summed E-state index contributed by atoms with van der Waals surface area (Å²) in [5, 5.41) is 9.33. The van der Waals surface area contributed by atoms with Crippen LogP contribution >= 0.6 is 0 Å². The maximum atomic E-state index is 9.33. The lowest BCUT2D eigenvalue weighted by atomic mass is 10.1. The van der Waals surface area contributed by atoms with E-state index in [9.17, 15) is 5.26 Å². The molecule has 0 atom stereocenters. The van der Waals surface area contributed by atoms with Gasteiger partial charge in [-0.3, -0.25) is 0 Å². The van der Waals surface area contributed by atoms with Crippen LogP contribution in [-0.2, 0) is 26.6 Å². The molecule has 0 bridgehead atoms. The van der Waals surface area contributed by atoms with Crippen LogP contribution in [0, 0.1) is 11.3 Å². The molecule has 0 aliphatic carbocycles. The summed E-state index contributed by atoms with van der Waals surface area (Å²) in [7, 11) is 5.28. The third-order valence-electron chi connectivity index (χ3n) is 6.82. The number of pyridine rings is 1. The summed E-state index contributed by atoms with van der Waals surface area (Å²) < 4.78 is 19.0. The second kappa shape index (κ2) is 11.8. The Hall–Kier alpha value is -5.03. The summed E-state index contributed by atoms with van der Waals surface area (Å²) in [5.41, 5.74) is 5.44. The molecule has 0 aliphatic heterocycles. The Kier molecular flexibility index (Phi) is 7.83. The van der Waals surface area contributed by atoms with Crippen molar-refractivity contribution in [3.63, 3.8) is 0 Å². The minimum Gasteiger partial charge on any atom is -0.497 e. The molecule has 0 saturated carbocycles. The number of imidazole rings is 1. The number of benzene rings is 3. The van der Waals surface area contributed by atoms with Crippen LogP contribution in [0.15, 0.2) is 79.1 Å². The monoisotopic (exact) mass is 533 g/mol. The number of hydrogen-bond acceptors (Lipinski definition) is 7. The van der Waals surface area contributed by atoms with Gasteiger partial charge in [-0.05, 0) is 65.6 Å². The molecule has 0 amide bonds. The van der Waals surface area contributed by atoms with Crippen LogP contribution in [0.5, 0.6) is 23.1 Å². The molecule has 0 aliphatic rings. The minimum atomic E-state index is 0.458. The lowest BCUT2D eigenvalue weighted by Crippen LogP contribution is -2.23. The molecule has 3 aromatic carbocycles. The van der Waals surface area contributed by atoms with Gasteiger partial charge in [-0.2, -0.15) is 10.2 Å². The van der Waals surface area contributed by atoms with Gasteiger partial charge in [0.05, 0.1) is 37.7 Å². The lowest BCUT2D eigenvalue weighted by Gasteiger charge is -2.25. The summed E-state index contributed by atoms with van der Waals surface area (Å²) >= 11 is 0. The zero-order valence-electron chi connectivity index (χ0n) is 23.1. The summed E-state index contributed by atoms with van der Waals surface area (Å²) in [6.07, 6.45) is 2.52. The lowest BCUT2D eigenvalue weighted by molar-refractivity contribution is 0.414. The van der Waals surface area contributed by atoms with Crippen LogP contribution in [0.1, 0.15) is 29.2 Å². The van der Waals surface area contributed by atoms with E-state index in [2.05, 4.69) is 35.2 Å². The Balaban J connectivity index is 1.58. The van der Waals surface area contributed by atoms with Gasteiger partial charge in [0.25, 0.3) is 0 Å². The van der Waals surface area contributed by atoms with E-state index in [4.69, 9.17) is 24.2 Å². The van der Waals surface area contributed by atoms with Gasteiger partial charge >= 0.3 is 0 Å². The Morgan fingerprint density at radius 2 is 1.50 bits per heavy atom. The zero-order chi connectivity index (χ0) is 28.1. The minimum absolute atomic E-state index is 0.458. The Bertz CT molecular complexity index is 1600. The second-order valence-corrected chi connectivity index (χ2v) is 9.45. The van der Waals surface area contributed by atoms with Crippen LogP contribution < -0.4 is 19.1 Å². The predicted molar refractivity (Wildman–Crippen MR) is 155 cm³/mol. The van der Waals surface area contributed by atoms with E-state index in [1.807, 2.05) is 61.0 Å². The predicted octanol–water partition coefficient (Wildman–Crippen LogP) is 6.42. The van der Waals surface area contributed by atoms with Crippen LogP contribution in [-0.4, -0.2) is 28.8 Å². The van der Waals surface area contributed by atoms with Gasteiger partial charge in [0.2, 0.25) is 5.88 Å². The normalized spacial score (nSPS) is 10.8. The van der Waals surface area contributed by atoms with E-state index in [0.717, 1.165) is 45.6 Å². The fraction of sp³-hybridized carbons (Fsp3) is 0.219. The molecule has 2 aromatic heterocycles. The van der Waals surface area contributed by atoms with Gasteiger partial charge < -0.3 is 23.7 Å². The second-order valence-electron chi connectivity index (χ2n) is 9.45. The number of aryl methyl sites for hydroxylation is 2. The van der Waals surface area contributed by atoms with Crippen LogP contribution in [0.3, 0.4) is 0 Å². The Morgan fingerprint density at radius 3 is 2.05 bits per heavy atom. The number of ether oxygens (including phenoxy) is 3. The summed E-state index contributed by atoms with van der Waals surface area (Å²) in [6.45, 7) is 3.22. The SMILES string of the molecule is CCc1cc(C#N)ccc1Oc1cc2c(ncn2C)c(N(Cc2ccc(OC)cc2)Cc2ccc(OC)cc2)n1. The molecule has 0 unspecified atom stereocenters. The first kappa shape index (κ1) is 26.6. The number of nitriles is 1. The van der Waals surface area contributed by atoms with Crippen molar-refractivity contribution < 1.29 is 14.2 Å². The van der Waals surface area contributed by atoms with E-state index in [-0.39, 0.29) is 0 Å². The number of hydrogen-bond donors (Lipinski definition) is 0. The molecule has 0 fully saturated rings. The summed E-state index contributed by atoms with van der Waals surface area (Å²) in [6, 6.07) is 25.6. The first-order valence-corrected chi connectivity index (χ1v) is 13.0.